The highest BCUT2D eigenvalue weighted by molar-refractivity contribution is 6.07. The summed E-state index contributed by atoms with van der Waals surface area (Å²) in [7, 11) is 1.56. The van der Waals surface area contributed by atoms with Gasteiger partial charge in [-0.05, 0) is 71.8 Å². The zero-order valence-electron chi connectivity index (χ0n) is 19.4. The maximum Gasteiger partial charge on any atom is 0.343 e. The predicted molar refractivity (Wildman–Crippen MR) is 135 cm³/mol. The van der Waals surface area contributed by atoms with Crippen molar-refractivity contribution in [1.29, 1.82) is 0 Å². The van der Waals surface area contributed by atoms with Gasteiger partial charge < -0.3 is 14.2 Å². The molecule has 0 aliphatic carbocycles. The number of fused-ring (bicyclic) bond motifs is 1. The summed E-state index contributed by atoms with van der Waals surface area (Å²) in [5.74, 6) is 0.488. The summed E-state index contributed by atoms with van der Waals surface area (Å²) in [6.45, 7) is 2.21. The molecule has 0 atom stereocenters. The number of hydrazone groups is 1. The fraction of sp³-hybridized carbons (Fsp3) is 0.107. The summed E-state index contributed by atoms with van der Waals surface area (Å²) in [6.07, 6.45) is 1.50. The summed E-state index contributed by atoms with van der Waals surface area (Å²) in [5, 5.41) is 5.91. The number of nitrogens with zero attached hydrogens (tertiary/aromatic N) is 1. The van der Waals surface area contributed by atoms with E-state index >= 15 is 0 Å². The molecule has 1 amide bonds. The molecule has 0 heterocycles. The highest BCUT2D eigenvalue weighted by atomic mass is 16.6. The van der Waals surface area contributed by atoms with Crippen molar-refractivity contribution in [2.24, 2.45) is 5.10 Å². The molecule has 176 valence electrons. The van der Waals surface area contributed by atoms with E-state index in [1.807, 2.05) is 43.3 Å². The van der Waals surface area contributed by atoms with Gasteiger partial charge in [0, 0.05) is 5.56 Å². The average molecular weight is 469 g/mol. The molecule has 35 heavy (non-hydrogen) atoms. The van der Waals surface area contributed by atoms with Gasteiger partial charge in [0.15, 0.2) is 11.5 Å². The van der Waals surface area contributed by atoms with Crippen molar-refractivity contribution in [2.75, 3.05) is 13.7 Å². The summed E-state index contributed by atoms with van der Waals surface area (Å²) in [4.78, 5) is 25.2. The third-order valence-electron chi connectivity index (χ3n) is 5.21. The summed E-state index contributed by atoms with van der Waals surface area (Å²) < 4.78 is 16.3. The van der Waals surface area contributed by atoms with Crippen LogP contribution in [0.3, 0.4) is 0 Å². The number of benzene rings is 4. The SMILES string of the molecule is CCOc1cc(/C=N\NC(=O)c2cccc3ccccc23)ccc1OC(=O)c1ccc(OC)cc1. The Morgan fingerprint density at radius 2 is 1.69 bits per heavy atom. The van der Waals surface area contributed by atoms with Crippen LogP contribution in [0.1, 0.15) is 33.2 Å². The number of carbonyl (C=O) groups excluding carboxylic acids is 2. The normalized spacial score (nSPS) is 10.8. The first kappa shape index (κ1) is 23.5. The Morgan fingerprint density at radius 1 is 0.914 bits per heavy atom. The first-order valence-electron chi connectivity index (χ1n) is 11.0. The quantitative estimate of drug-likeness (QED) is 0.166. The smallest absolute Gasteiger partial charge is 0.343 e. The standard InChI is InChI=1S/C28H24N2O5/c1-3-34-26-17-19(11-16-25(26)35-28(32)21-12-14-22(33-2)15-13-21)18-29-30-27(31)24-10-6-8-20-7-4-5-9-23(20)24/h4-18H,3H2,1-2H3,(H,30,31)/b29-18-. The molecule has 0 bridgehead atoms. The van der Waals surface area contributed by atoms with Crippen LogP contribution in [-0.2, 0) is 0 Å². The van der Waals surface area contributed by atoms with Crippen molar-refractivity contribution in [3.63, 3.8) is 0 Å². The van der Waals surface area contributed by atoms with Crippen molar-refractivity contribution >= 4 is 28.9 Å². The van der Waals surface area contributed by atoms with Crippen LogP contribution in [0.15, 0.2) is 90.0 Å². The Morgan fingerprint density at radius 3 is 2.46 bits per heavy atom. The Kier molecular flexibility index (Phi) is 7.37. The van der Waals surface area contributed by atoms with E-state index in [0.29, 0.717) is 34.8 Å². The molecular formula is C28H24N2O5. The molecule has 0 unspecified atom stereocenters. The Balaban J connectivity index is 1.46. The first-order valence-corrected chi connectivity index (χ1v) is 11.0. The molecule has 4 aromatic rings. The fourth-order valence-electron chi connectivity index (χ4n) is 3.49. The minimum atomic E-state index is -0.516. The van der Waals surface area contributed by atoms with Gasteiger partial charge in [0.05, 0.1) is 25.5 Å². The maximum atomic E-state index is 12.7. The predicted octanol–water partition coefficient (Wildman–Crippen LogP) is 5.23. The lowest BCUT2D eigenvalue weighted by Crippen LogP contribution is -2.17. The molecule has 1 N–H and O–H groups in total. The van der Waals surface area contributed by atoms with Crippen molar-refractivity contribution < 1.29 is 23.8 Å². The molecule has 0 aromatic heterocycles. The molecule has 0 saturated heterocycles. The van der Waals surface area contributed by atoms with Gasteiger partial charge in [-0.2, -0.15) is 5.10 Å². The van der Waals surface area contributed by atoms with E-state index in [1.54, 1.807) is 55.6 Å². The number of esters is 1. The largest absolute Gasteiger partial charge is 0.497 e. The Hall–Kier alpha value is -4.65. The lowest BCUT2D eigenvalue weighted by atomic mass is 10.0. The van der Waals surface area contributed by atoms with E-state index in [0.717, 1.165) is 10.8 Å². The van der Waals surface area contributed by atoms with Crippen molar-refractivity contribution in [3.05, 3.63) is 102 Å². The summed E-state index contributed by atoms with van der Waals surface area (Å²) in [5.41, 5.74) is 4.15. The Labute approximate surface area is 202 Å². The molecule has 0 aliphatic rings. The van der Waals surface area contributed by atoms with Gasteiger partial charge in [-0.15, -0.1) is 0 Å². The number of ether oxygens (including phenoxy) is 3. The topological polar surface area (TPSA) is 86.2 Å². The second kappa shape index (κ2) is 11.0. The van der Waals surface area contributed by atoms with Crippen LogP contribution < -0.4 is 19.6 Å². The second-order valence-corrected chi connectivity index (χ2v) is 7.48. The molecular weight excluding hydrogens is 444 g/mol. The van der Waals surface area contributed by atoms with Gasteiger partial charge in [-0.25, -0.2) is 10.2 Å². The molecule has 0 aliphatic heterocycles. The number of rotatable bonds is 8. The van der Waals surface area contributed by atoms with E-state index in [2.05, 4.69) is 10.5 Å². The number of nitrogens with one attached hydrogen (secondary N) is 1. The van der Waals surface area contributed by atoms with Gasteiger partial charge in [-0.1, -0.05) is 36.4 Å². The zero-order chi connectivity index (χ0) is 24.6. The summed E-state index contributed by atoms with van der Waals surface area (Å²) >= 11 is 0. The lowest BCUT2D eigenvalue weighted by molar-refractivity contribution is 0.0728. The van der Waals surface area contributed by atoms with Gasteiger partial charge in [0.2, 0.25) is 0 Å². The number of hydrogen-bond donors (Lipinski definition) is 1. The van der Waals surface area contributed by atoms with Crippen LogP contribution in [-0.4, -0.2) is 31.8 Å². The Bertz CT molecular complexity index is 1370. The molecule has 0 radical (unpaired) electrons. The molecule has 0 spiro atoms. The number of hydrogen-bond acceptors (Lipinski definition) is 6. The molecule has 4 rings (SSSR count). The average Bonchev–Trinajstić information content (AvgIpc) is 2.89. The fourth-order valence-corrected chi connectivity index (χ4v) is 3.49. The van der Waals surface area contributed by atoms with Crippen LogP contribution >= 0.6 is 0 Å². The van der Waals surface area contributed by atoms with Gasteiger partial charge in [0.25, 0.3) is 5.91 Å². The number of carbonyl (C=O) groups is 2. The van der Waals surface area contributed by atoms with Crippen molar-refractivity contribution in [2.45, 2.75) is 6.92 Å². The molecule has 0 saturated carbocycles. The first-order chi connectivity index (χ1) is 17.1. The van der Waals surface area contributed by atoms with Crippen LogP contribution in [0.5, 0.6) is 17.2 Å². The van der Waals surface area contributed by atoms with Gasteiger partial charge in [0.1, 0.15) is 5.75 Å². The van der Waals surface area contributed by atoms with Crippen LogP contribution in [0.25, 0.3) is 10.8 Å². The highest BCUT2D eigenvalue weighted by Gasteiger charge is 2.14. The minimum Gasteiger partial charge on any atom is -0.497 e. The second-order valence-electron chi connectivity index (χ2n) is 7.48. The molecule has 0 fully saturated rings. The molecule has 7 nitrogen and oxygen atoms in total. The minimum absolute atomic E-state index is 0.282. The highest BCUT2D eigenvalue weighted by Crippen LogP contribution is 2.29. The maximum absolute atomic E-state index is 12.7. The number of methoxy groups -OCH3 is 1. The summed E-state index contributed by atoms with van der Waals surface area (Å²) in [6, 6.07) is 24.9. The zero-order valence-corrected chi connectivity index (χ0v) is 19.4. The van der Waals surface area contributed by atoms with E-state index < -0.39 is 5.97 Å². The van der Waals surface area contributed by atoms with Crippen molar-refractivity contribution in [3.8, 4) is 17.2 Å². The van der Waals surface area contributed by atoms with Gasteiger partial charge >= 0.3 is 5.97 Å². The van der Waals surface area contributed by atoms with Crippen LogP contribution in [0.4, 0.5) is 0 Å². The number of amides is 1. The third kappa shape index (κ3) is 5.65. The van der Waals surface area contributed by atoms with E-state index in [9.17, 15) is 9.59 Å². The van der Waals surface area contributed by atoms with Crippen LogP contribution in [0.2, 0.25) is 0 Å². The van der Waals surface area contributed by atoms with Crippen molar-refractivity contribution in [1.82, 2.24) is 5.43 Å². The van der Waals surface area contributed by atoms with Gasteiger partial charge in [-0.3, -0.25) is 4.79 Å². The third-order valence-corrected chi connectivity index (χ3v) is 5.21. The molecule has 4 aromatic carbocycles. The van der Waals surface area contributed by atoms with E-state index in [-0.39, 0.29) is 11.7 Å². The van der Waals surface area contributed by atoms with E-state index in [4.69, 9.17) is 14.2 Å². The lowest BCUT2D eigenvalue weighted by Gasteiger charge is -2.11. The molecule has 7 heteroatoms. The monoisotopic (exact) mass is 468 g/mol. The van der Waals surface area contributed by atoms with E-state index in [1.165, 1.54) is 6.21 Å². The van der Waals surface area contributed by atoms with Crippen LogP contribution in [0, 0.1) is 0 Å².